The Balaban J connectivity index is 1.91. The Bertz CT molecular complexity index is 781. The molecule has 0 saturated heterocycles. The summed E-state index contributed by atoms with van der Waals surface area (Å²) in [5, 5.41) is 4.23. The maximum atomic E-state index is 5.83. The normalized spacial score (nSPS) is 16.8. The molecule has 0 aromatic heterocycles. The minimum absolute atomic E-state index is 0.173. The monoisotopic (exact) mass is 449 g/mol. The van der Waals surface area contributed by atoms with E-state index in [2.05, 4.69) is 103 Å². The maximum absolute atomic E-state index is 5.83. The summed E-state index contributed by atoms with van der Waals surface area (Å²) in [4.78, 5) is 5.83. The van der Waals surface area contributed by atoms with Gasteiger partial charge in [0.2, 0.25) is 0 Å². The van der Waals surface area contributed by atoms with Crippen molar-refractivity contribution < 1.29 is 4.84 Å². The molecule has 0 aliphatic carbocycles. The van der Waals surface area contributed by atoms with E-state index in [-0.39, 0.29) is 6.10 Å². The molecule has 0 fully saturated rings. The first kappa shape index (κ1) is 17.3. The summed E-state index contributed by atoms with van der Waals surface area (Å²) in [6.07, 6.45) is 1.11. The van der Waals surface area contributed by atoms with Gasteiger partial charge in [0.15, 0.2) is 0 Å². The summed E-state index contributed by atoms with van der Waals surface area (Å²) in [6.45, 7) is 2.06. The molecule has 0 bridgehead atoms. The van der Waals surface area contributed by atoms with Crippen LogP contribution >= 0.6 is 0 Å². The molecule has 3 aromatic rings. The van der Waals surface area contributed by atoms with Crippen molar-refractivity contribution >= 4 is 34.8 Å². The zero-order chi connectivity index (χ0) is 17.8. The Kier molecular flexibility index (Phi) is 5.11. The molecular formula is C23H23NOSn. The van der Waals surface area contributed by atoms with Crippen LogP contribution in [0.4, 0.5) is 0 Å². The third kappa shape index (κ3) is 3.30. The Morgan fingerprint density at radius 2 is 1.19 bits per heavy atom. The van der Waals surface area contributed by atoms with E-state index in [1.54, 1.807) is 0 Å². The Labute approximate surface area is 159 Å². The summed E-state index contributed by atoms with van der Waals surface area (Å²) in [6, 6.07) is 33.3. The number of oxime groups is 1. The average Bonchev–Trinajstić information content (AvgIpc) is 3.13. The van der Waals surface area contributed by atoms with Gasteiger partial charge < -0.3 is 0 Å². The molecule has 1 heterocycles. The molecule has 0 amide bonds. The summed E-state index contributed by atoms with van der Waals surface area (Å²) in [5.74, 6) is 0. The molecule has 1 aliphatic rings. The molecular weight excluding hydrogens is 425 g/mol. The topological polar surface area (TPSA) is 21.6 Å². The number of hydrogen-bond donors (Lipinski definition) is 0. The second-order valence-corrected chi connectivity index (χ2v) is 18.2. The van der Waals surface area contributed by atoms with Gasteiger partial charge in [0.05, 0.1) is 0 Å². The van der Waals surface area contributed by atoms with Gasteiger partial charge in [-0.25, -0.2) is 0 Å². The fourth-order valence-electron chi connectivity index (χ4n) is 4.04. The van der Waals surface area contributed by atoms with Crippen LogP contribution in [0.15, 0.2) is 96.2 Å². The van der Waals surface area contributed by atoms with Crippen molar-refractivity contribution in [3.63, 3.8) is 0 Å². The molecule has 3 heteroatoms. The van der Waals surface area contributed by atoms with Crippen LogP contribution in [-0.4, -0.2) is 30.2 Å². The number of rotatable bonds is 5. The van der Waals surface area contributed by atoms with Crippen LogP contribution in [0.1, 0.15) is 13.3 Å². The Morgan fingerprint density at radius 1 is 0.769 bits per heavy atom. The molecule has 2 nitrogen and oxygen atoms in total. The van der Waals surface area contributed by atoms with Gasteiger partial charge in [0.1, 0.15) is 0 Å². The molecule has 0 saturated carbocycles. The van der Waals surface area contributed by atoms with Crippen molar-refractivity contribution in [3.8, 4) is 0 Å². The third-order valence-electron chi connectivity index (χ3n) is 5.21. The Hall–Kier alpha value is -2.07. The van der Waals surface area contributed by atoms with Gasteiger partial charge in [0, 0.05) is 0 Å². The average molecular weight is 448 g/mol. The van der Waals surface area contributed by atoms with E-state index in [1.807, 2.05) is 0 Å². The number of hydrogen-bond acceptors (Lipinski definition) is 2. The molecule has 1 unspecified atom stereocenters. The van der Waals surface area contributed by atoms with Crippen LogP contribution in [0, 0.1) is 0 Å². The predicted octanol–water partition coefficient (Wildman–Crippen LogP) is 3.32. The second-order valence-electron chi connectivity index (χ2n) is 6.97. The van der Waals surface area contributed by atoms with Crippen LogP contribution in [-0.2, 0) is 4.84 Å². The van der Waals surface area contributed by atoms with E-state index < -0.39 is 18.4 Å². The van der Waals surface area contributed by atoms with E-state index in [4.69, 9.17) is 4.84 Å². The molecule has 0 spiro atoms. The fourth-order valence-corrected chi connectivity index (χ4v) is 18.0. The van der Waals surface area contributed by atoms with Gasteiger partial charge in [0.25, 0.3) is 0 Å². The van der Waals surface area contributed by atoms with Gasteiger partial charge in [-0.2, -0.15) is 0 Å². The molecule has 4 rings (SSSR count). The van der Waals surface area contributed by atoms with E-state index in [1.165, 1.54) is 10.7 Å². The van der Waals surface area contributed by atoms with E-state index >= 15 is 0 Å². The molecule has 3 aromatic carbocycles. The van der Waals surface area contributed by atoms with Crippen molar-refractivity contribution in [2.24, 2.45) is 5.16 Å². The first-order chi connectivity index (χ1) is 12.8. The summed E-state index contributed by atoms with van der Waals surface area (Å²) < 4.78 is 5.54. The zero-order valence-corrected chi connectivity index (χ0v) is 17.9. The van der Waals surface area contributed by atoms with Crippen LogP contribution in [0.3, 0.4) is 0 Å². The molecule has 130 valence electrons. The first-order valence-electron chi connectivity index (χ1n) is 9.15. The molecule has 26 heavy (non-hydrogen) atoms. The van der Waals surface area contributed by atoms with Crippen molar-refractivity contribution in [1.29, 1.82) is 0 Å². The van der Waals surface area contributed by atoms with Crippen LogP contribution < -0.4 is 10.7 Å². The molecule has 1 aliphatic heterocycles. The summed E-state index contributed by atoms with van der Waals surface area (Å²) >= 11 is -3.21. The molecule has 0 N–H and O–H groups in total. The van der Waals surface area contributed by atoms with E-state index in [0.717, 1.165) is 16.6 Å². The zero-order valence-electron chi connectivity index (χ0n) is 15.0. The standard InChI is InChI=1S/3C6H5.C5H8NO.Sn/c3*1-2-4-6-5-3-1;1-4-3-5(2)7-6-4;/h3*1-5H;5H,2-3H2,1H3;. The van der Waals surface area contributed by atoms with Crippen molar-refractivity contribution in [3.05, 3.63) is 91.0 Å². The molecule has 1 atom stereocenters. The van der Waals surface area contributed by atoms with Crippen LogP contribution in [0.2, 0.25) is 4.44 Å². The van der Waals surface area contributed by atoms with E-state index in [0.29, 0.717) is 0 Å². The fraction of sp³-hybridized carbons (Fsp3) is 0.174. The van der Waals surface area contributed by atoms with Crippen LogP contribution in [0.5, 0.6) is 0 Å². The van der Waals surface area contributed by atoms with E-state index in [9.17, 15) is 0 Å². The second kappa shape index (κ2) is 7.66. The third-order valence-corrected chi connectivity index (χ3v) is 19.6. The quantitative estimate of drug-likeness (QED) is 0.550. The summed E-state index contributed by atoms with van der Waals surface area (Å²) in [7, 11) is 0. The van der Waals surface area contributed by atoms with Crippen molar-refractivity contribution in [2.45, 2.75) is 23.9 Å². The molecule has 0 radical (unpaired) electrons. The van der Waals surface area contributed by atoms with Gasteiger partial charge in [-0.15, -0.1) is 0 Å². The van der Waals surface area contributed by atoms with Gasteiger partial charge in [-0.1, -0.05) is 0 Å². The number of nitrogens with zero attached hydrogens (tertiary/aromatic N) is 1. The van der Waals surface area contributed by atoms with Gasteiger partial charge in [-0.3, -0.25) is 0 Å². The first-order valence-corrected chi connectivity index (χ1v) is 15.4. The number of benzene rings is 3. The predicted molar refractivity (Wildman–Crippen MR) is 111 cm³/mol. The van der Waals surface area contributed by atoms with Crippen LogP contribution in [0.25, 0.3) is 0 Å². The Morgan fingerprint density at radius 3 is 1.54 bits per heavy atom. The van der Waals surface area contributed by atoms with Crippen molar-refractivity contribution in [1.82, 2.24) is 0 Å². The van der Waals surface area contributed by atoms with Gasteiger partial charge in [-0.05, 0) is 0 Å². The minimum atomic E-state index is -3.21. The SMILES string of the molecule is CC1=NOC([CH2][Sn]([c]2ccccc2)([c]2ccccc2)[c]2ccccc2)C1. The van der Waals surface area contributed by atoms with Gasteiger partial charge >= 0.3 is 160 Å². The van der Waals surface area contributed by atoms with Crippen molar-refractivity contribution in [2.75, 3.05) is 0 Å². The summed E-state index contributed by atoms with van der Waals surface area (Å²) in [5.41, 5.74) is 1.10.